The Balaban J connectivity index is 1.25. The smallest absolute Gasteiger partial charge is 0.276 e. The van der Waals surface area contributed by atoms with Crippen LogP contribution in [0.4, 0.5) is 11.5 Å². The fourth-order valence-corrected chi connectivity index (χ4v) is 4.70. The van der Waals surface area contributed by atoms with E-state index < -0.39 is 0 Å². The van der Waals surface area contributed by atoms with Crippen molar-refractivity contribution in [2.75, 3.05) is 36.4 Å². The molecule has 2 aliphatic rings. The van der Waals surface area contributed by atoms with Gasteiger partial charge in [-0.2, -0.15) is 5.10 Å². The molecule has 0 bridgehead atoms. The summed E-state index contributed by atoms with van der Waals surface area (Å²) in [6.45, 7) is 5.24. The Bertz CT molecular complexity index is 1340. The minimum atomic E-state index is -0.244. The molecule has 4 aromatic rings. The number of amides is 1. The number of hydrogen-bond donors (Lipinski definition) is 2. The third-order valence-electron chi connectivity index (χ3n) is 6.69. The summed E-state index contributed by atoms with van der Waals surface area (Å²) in [5.74, 6) is 0.654. The van der Waals surface area contributed by atoms with Crippen LogP contribution in [0.15, 0.2) is 55.0 Å². The number of carbonyl (C=O) groups excluding carboxylic acids is 1. The van der Waals surface area contributed by atoms with Crippen molar-refractivity contribution >= 4 is 28.3 Å². The van der Waals surface area contributed by atoms with Gasteiger partial charge in [-0.05, 0) is 67.7 Å². The molecule has 0 radical (unpaired) electrons. The number of aromatic amines is 1. The molecule has 8 heteroatoms. The zero-order valence-electron chi connectivity index (χ0n) is 19.0. The predicted molar refractivity (Wildman–Crippen MR) is 133 cm³/mol. The highest BCUT2D eigenvalue weighted by molar-refractivity contribution is 6.11. The van der Waals surface area contributed by atoms with E-state index in [1.807, 2.05) is 42.7 Å². The molecule has 2 fully saturated rings. The van der Waals surface area contributed by atoms with Crippen molar-refractivity contribution in [3.8, 4) is 11.1 Å². The van der Waals surface area contributed by atoms with Crippen LogP contribution in [0.2, 0.25) is 0 Å². The average molecular weight is 454 g/mol. The highest BCUT2D eigenvalue weighted by Crippen LogP contribution is 2.27. The van der Waals surface area contributed by atoms with E-state index in [0.717, 1.165) is 66.3 Å². The van der Waals surface area contributed by atoms with Gasteiger partial charge in [-0.3, -0.25) is 19.8 Å². The Labute approximate surface area is 198 Å². The van der Waals surface area contributed by atoms with Crippen molar-refractivity contribution in [1.82, 2.24) is 25.1 Å². The Morgan fingerprint density at radius 3 is 2.68 bits per heavy atom. The SMILES string of the molecule is O=C(Nc1ccnc(N2CCCC2)c1)c1n[nH]c2ccc(-c3cncc(CN4CCC4)c3)cc12. The van der Waals surface area contributed by atoms with Gasteiger partial charge < -0.3 is 10.2 Å². The quantitative estimate of drug-likeness (QED) is 0.457. The van der Waals surface area contributed by atoms with Crippen LogP contribution >= 0.6 is 0 Å². The molecular weight excluding hydrogens is 426 g/mol. The van der Waals surface area contributed by atoms with Gasteiger partial charge in [0.2, 0.25) is 0 Å². The standard InChI is InChI=1S/C26H27N7O/c34-26(29-21-6-7-28-24(14-21)33-10-1-2-11-33)25-22-13-19(4-5-23(22)30-31-25)20-12-18(15-27-16-20)17-32-8-3-9-32/h4-7,12-16H,1-3,8-11,17H2,(H,30,31)(H,28,29,34). The van der Waals surface area contributed by atoms with Gasteiger partial charge in [0.25, 0.3) is 5.91 Å². The molecule has 6 rings (SSSR count). The number of pyridine rings is 2. The van der Waals surface area contributed by atoms with Gasteiger partial charge in [0.1, 0.15) is 5.82 Å². The minimum Gasteiger partial charge on any atom is -0.357 e. The lowest BCUT2D eigenvalue weighted by molar-refractivity contribution is 0.102. The third kappa shape index (κ3) is 4.12. The molecule has 1 amide bonds. The van der Waals surface area contributed by atoms with E-state index in [0.29, 0.717) is 5.69 Å². The van der Waals surface area contributed by atoms with Gasteiger partial charge in [-0.1, -0.05) is 6.07 Å². The molecule has 2 N–H and O–H groups in total. The topological polar surface area (TPSA) is 90.0 Å². The van der Waals surface area contributed by atoms with Crippen molar-refractivity contribution < 1.29 is 4.79 Å². The average Bonchev–Trinajstić information content (AvgIpc) is 3.52. The van der Waals surface area contributed by atoms with Gasteiger partial charge in [0.15, 0.2) is 5.69 Å². The van der Waals surface area contributed by atoms with Crippen molar-refractivity contribution in [3.05, 3.63) is 66.2 Å². The van der Waals surface area contributed by atoms with E-state index in [4.69, 9.17) is 0 Å². The lowest BCUT2D eigenvalue weighted by atomic mass is 10.0. The fourth-order valence-electron chi connectivity index (χ4n) is 4.70. The molecule has 0 aliphatic carbocycles. The number of hydrogen-bond acceptors (Lipinski definition) is 6. The van der Waals surface area contributed by atoms with Gasteiger partial charge in [-0.25, -0.2) is 4.98 Å². The third-order valence-corrected chi connectivity index (χ3v) is 6.69. The van der Waals surface area contributed by atoms with Crippen LogP contribution in [0.3, 0.4) is 0 Å². The van der Waals surface area contributed by atoms with E-state index in [1.165, 1.54) is 24.8 Å². The number of carbonyl (C=O) groups is 1. The lowest BCUT2D eigenvalue weighted by Gasteiger charge is -2.30. The molecule has 5 heterocycles. The summed E-state index contributed by atoms with van der Waals surface area (Å²) in [6, 6.07) is 11.9. The lowest BCUT2D eigenvalue weighted by Crippen LogP contribution is -2.36. The monoisotopic (exact) mass is 453 g/mol. The minimum absolute atomic E-state index is 0.244. The molecule has 2 saturated heterocycles. The van der Waals surface area contributed by atoms with Gasteiger partial charge in [0.05, 0.1) is 5.52 Å². The molecule has 2 aliphatic heterocycles. The maximum Gasteiger partial charge on any atom is 0.276 e. The van der Waals surface area contributed by atoms with Crippen molar-refractivity contribution in [2.24, 2.45) is 0 Å². The van der Waals surface area contributed by atoms with Crippen LogP contribution in [-0.4, -0.2) is 57.2 Å². The number of rotatable bonds is 6. The Kier molecular flexibility index (Phi) is 5.43. The molecule has 0 saturated carbocycles. The van der Waals surface area contributed by atoms with Crippen molar-refractivity contribution in [1.29, 1.82) is 0 Å². The molecular formula is C26H27N7O. The second kappa shape index (κ2) is 8.87. The molecule has 34 heavy (non-hydrogen) atoms. The summed E-state index contributed by atoms with van der Waals surface area (Å²) in [4.78, 5) is 26.7. The molecule has 1 aromatic carbocycles. The number of H-pyrrole nitrogens is 1. The van der Waals surface area contributed by atoms with E-state index >= 15 is 0 Å². The molecule has 3 aromatic heterocycles. The van der Waals surface area contributed by atoms with Crippen LogP contribution in [-0.2, 0) is 6.54 Å². The van der Waals surface area contributed by atoms with E-state index in [-0.39, 0.29) is 5.91 Å². The van der Waals surface area contributed by atoms with Gasteiger partial charge >= 0.3 is 0 Å². The summed E-state index contributed by atoms with van der Waals surface area (Å²) < 4.78 is 0. The largest absolute Gasteiger partial charge is 0.357 e. The number of nitrogens with one attached hydrogen (secondary N) is 2. The van der Waals surface area contributed by atoms with E-state index in [1.54, 1.807) is 6.20 Å². The highest BCUT2D eigenvalue weighted by Gasteiger charge is 2.18. The Morgan fingerprint density at radius 2 is 1.85 bits per heavy atom. The first-order chi connectivity index (χ1) is 16.7. The molecule has 8 nitrogen and oxygen atoms in total. The van der Waals surface area contributed by atoms with Crippen LogP contribution in [0.1, 0.15) is 35.3 Å². The summed E-state index contributed by atoms with van der Waals surface area (Å²) in [5, 5.41) is 11.1. The number of nitrogens with zero attached hydrogens (tertiary/aromatic N) is 5. The van der Waals surface area contributed by atoms with Gasteiger partial charge in [0, 0.05) is 60.9 Å². The second-order valence-electron chi connectivity index (χ2n) is 9.10. The van der Waals surface area contributed by atoms with Crippen molar-refractivity contribution in [2.45, 2.75) is 25.8 Å². The highest BCUT2D eigenvalue weighted by atomic mass is 16.1. The van der Waals surface area contributed by atoms with E-state index in [9.17, 15) is 4.79 Å². The molecule has 0 unspecified atom stereocenters. The predicted octanol–water partition coefficient (Wildman–Crippen LogP) is 4.08. The first-order valence-corrected chi connectivity index (χ1v) is 11.9. The van der Waals surface area contributed by atoms with Crippen LogP contribution in [0, 0.1) is 0 Å². The number of likely N-dealkylation sites (tertiary alicyclic amines) is 1. The van der Waals surface area contributed by atoms with Crippen LogP contribution in [0.25, 0.3) is 22.0 Å². The Hall–Kier alpha value is -3.78. The first-order valence-electron chi connectivity index (χ1n) is 11.9. The number of aromatic nitrogens is 4. The van der Waals surface area contributed by atoms with Crippen molar-refractivity contribution in [3.63, 3.8) is 0 Å². The summed E-state index contributed by atoms with van der Waals surface area (Å²) in [5.41, 5.74) is 5.18. The number of benzene rings is 1. The van der Waals surface area contributed by atoms with Crippen LogP contribution < -0.4 is 10.2 Å². The van der Waals surface area contributed by atoms with E-state index in [2.05, 4.69) is 41.3 Å². The maximum absolute atomic E-state index is 13.1. The summed E-state index contributed by atoms with van der Waals surface area (Å²) in [7, 11) is 0. The Morgan fingerprint density at radius 1 is 0.971 bits per heavy atom. The maximum atomic E-state index is 13.1. The summed E-state index contributed by atoms with van der Waals surface area (Å²) >= 11 is 0. The normalized spacial score (nSPS) is 16.1. The fraction of sp³-hybridized carbons (Fsp3) is 0.308. The zero-order chi connectivity index (χ0) is 22.9. The molecule has 172 valence electrons. The zero-order valence-corrected chi connectivity index (χ0v) is 19.0. The number of fused-ring (bicyclic) bond motifs is 1. The van der Waals surface area contributed by atoms with Crippen LogP contribution in [0.5, 0.6) is 0 Å². The second-order valence-corrected chi connectivity index (χ2v) is 9.10. The number of anilines is 2. The molecule has 0 atom stereocenters. The summed E-state index contributed by atoms with van der Waals surface area (Å²) in [6.07, 6.45) is 9.17. The van der Waals surface area contributed by atoms with Gasteiger partial charge in [-0.15, -0.1) is 0 Å². The first kappa shape index (κ1) is 20.8. The molecule has 0 spiro atoms.